The largest absolute Gasteiger partial charge is 0.0563 e. The number of rotatable bonds is 4. The minimum absolute atomic E-state index is 0.0960. The van der Waals surface area contributed by atoms with Crippen LogP contribution in [0.3, 0.4) is 0 Å². The van der Waals surface area contributed by atoms with Gasteiger partial charge in [-0.3, -0.25) is 0 Å². The van der Waals surface area contributed by atoms with Gasteiger partial charge in [-0.25, -0.2) is 0 Å². The van der Waals surface area contributed by atoms with Gasteiger partial charge in [0.05, 0.1) is 0 Å². The second-order valence-electron chi connectivity index (χ2n) is 11.9. The van der Waals surface area contributed by atoms with Gasteiger partial charge in [0.15, 0.2) is 0 Å². The first kappa shape index (κ1) is 25.7. The molecule has 5 rings (SSSR count). The second-order valence-corrected chi connectivity index (χ2v) is 11.9. The van der Waals surface area contributed by atoms with E-state index < -0.39 is 0 Å². The lowest BCUT2D eigenvalue weighted by Gasteiger charge is -2.26. The van der Waals surface area contributed by atoms with Crippen LogP contribution in [0.2, 0.25) is 0 Å². The lowest BCUT2D eigenvalue weighted by atomic mass is 9.78. The SMILES string of the molecule is Cc1cc(C)cc(-c2ccc(-c3ccc(-c4ccc(-c5cc(C)cc(C)c5C(C)(C)C)cc4)cc3)cc2)c1. The van der Waals surface area contributed by atoms with Crippen LogP contribution in [-0.2, 0) is 5.41 Å². The van der Waals surface area contributed by atoms with Crippen molar-refractivity contribution >= 4 is 0 Å². The smallest absolute Gasteiger partial charge is 0.0123 e. The first-order valence-electron chi connectivity index (χ1n) is 13.6. The van der Waals surface area contributed by atoms with Crippen molar-refractivity contribution in [2.75, 3.05) is 0 Å². The molecule has 0 spiro atoms. The lowest BCUT2D eigenvalue weighted by Crippen LogP contribution is -2.15. The van der Waals surface area contributed by atoms with E-state index in [1.807, 2.05) is 0 Å². The first-order chi connectivity index (χ1) is 18.1. The summed E-state index contributed by atoms with van der Waals surface area (Å²) in [6, 6.07) is 38.3. The molecule has 0 N–H and O–H groups in total. The number of hydrogen-bond acceptors (Lipinski definition) is 0. The molecule has 5 aromatic rings. The van der Waals surface area contributed by atoms with Gasteiger partial charge in [-0.15, -0.1) is 0 Å². The minimum Gasteiger partial charge on any atom is -0.0563 e. The van der Waals surface area contributed by atoms with Crippen molar-refractivity contribution < 1.29 is 0 Å². The molecule has 0 aliphatic carbocycles. The van der Waals surface area contributed by atoms with E-state index in [-0.39, 0.29) is 5.41 Å². The van der Waals surface area contributed by atoms with E-state index in [0.717, 1.165) is 0 Å². The van der Waals surface area contributed by atoms with Crippen molar-refractivity contribution in [1.82, 2.24) is 0 Å². The summed E-state index contributed by atoms with van der Waals surface area (Å²) in [6.07, 6.45) is 0. The van der Waals surface area contributed by atoms with Crippen LogP contribution in [0.5, 0.6) is 0 Å². The fourth-order valence-corrected chi connectivity index (χ4v) is 5.88. The van der Waals surface area contributed by atoms with Crippen molar-refractivity contribution in [1.29, 1.82) is 0 Å². The molecule has 0 atom stereocenters. The molecule has 0 heteroatoms. The van der Waals surface area contributed by atoms with E-state index in [2.05, 4.69) is 152 Å². The Morgan fingerprint density at radius 1 is 0.368 bits per heavy atom. The fourth-order valence-electron chi connectivity index (χ4n) is 5.88. The Labute approximate surface area is 229 Å². The molecule has 0 amide bonds. The molecule has 38 heavy (non-hydrogen) atoms. The number of aryl methyl sites for hydroxylation is 4. The zero-order chi connectivity index (χ0) is 27.0. The highest BCUT2D eigenvalue weighted by Gasteiger charge is 2.21. The van der Waals surface area contributed by atoms with Crippen LogP contribution in [0.25, 0.3) is 44.5 Å². The maximum atomic E-state index is 2.34. The number of hydrogen-bond donors (Lipinski definition) is 0. The number of benzene rings is 5. The van der Waals surface area contributed by atoms with Crippen molar-refractivity contribution in [3.8, 4) is 44.5 Å². The van der Waals surface area contributed by atoms with Gasteiger partial charge in [0, 0.05) is 0 Å². The van der Waals surface area contributed by atoms with Gasteiger partial charge in [0.1, 0.15) is 0 Å². The molecule has 0 nitrogen and oxygen atoms in total. The molecule has 0 saturated carbocycles. The molecule has 0 fully saturated rings. The molecule has 0 heterocycles. The van der Waals surface area contributed by atoms with Crippen LogP contribution < -0.4 is 0 Å². The van der Waals surface area contributed by atoms with Crippen LogP contribution in [0, 0.1) is 27.7 Å². The fraction of sp³-hybridized carbons (Fsp3) is 0.211. The standard InChI is InChI=1S/C38H38/c1-25-20-26(2)23-35(22-25)33-14-12-31(13-15-33)29-8-10-30(11-9-29)32-16-18-34(19-17-32)36-24-27(3)21-28(4)37(36)38(5,6)7/h8-24H,1-7H3. The van der Waals surface area contributed by atoms with E-state index >= 15 is 0 Å². The highest BCUT2D eigenvalue weighted by Crippen LogP contribution is 2.37. The molecule has 0 radical (unpaired) electrons. The van der Waals surface area contributed by atoms with Crippen LogP contribution in [0.1, 0.15) is 48.6 Å². The topological polar surface area (TPSA) is 0 Å². The zero-order valence-corrected chi connectivity index (χ0v) is 23.8. The Bertz CT molecular complexity index is 1550. The highest BCUT2D eigenvalue weighted by atomic mass is 14.3. The van der Waals surface area contributed by atoms with E-state index in [1.54, 1.807) is 0 Å². The predicted molar refractivity (Wildman–Crippen MR) is 166 cm³/mol. The zero-order valence-electron chi connectivity index (χ0n) is 23.8. The minimum atomic E-state index is 0.0960. The van der Waals surface area contributed by atoms with Gasteiger partial charge in [-0.1, -0.05) is 141 Å². The third-order valence-electron chi connectivity index (χ3n) is 7.42. The van der Waals surface area contributed by atoms with Crippen molar-refractivity contribution in [3.05, 3.63) is 131 Å². The van der Waals surface area contributed by atoms with Gasteiger partial charge in [-0.05, 0) is 88.7 Å². The summed E-state index contributed by atoms with van der Waals surface area (Å²) in [7, 11) is 0. The van der Waals surface area contributed by atoms with Gasteiger partial charge >= 0.3 is 0 Å². The Morgan fingerprint density at radius 2 is 0.711 bits per heavy atom. The Morgan fingerprint density at radius 3 is 1.11 bits per heavy atom. The molecule has 5 aromatic carbocycles. The summed E-state index contributed by atoms with van der Waals surface area (Å²) in [5.41, 5.74) is 16.9. The molecule has 0 saturated heterocycles. The van der Waals surface area contributed by atoms with Gasteiger partial charge in [0.2, 0.25) is 0 Å². The van der Waals surface area contributed by atoms with Crippen LogP contribution in [0.4, 0.5) is 0 Å². The predicted octanol–water partition coefficient (Wildman–Crippen LogP) is 10.9. The highest BCUT2D eigenvalue weighted by molar-refractivity contribution is 5.77. The second kappa shape index (κ2) is 10.1. The summed E-state index contributed by atoms with van der Waals surface area (Å²) in [5, 5.41) is 0. The van der Waals surface area contributed by atoms with E-state index in [1.165, 1.54) is 72.3 Å². The normalized spacial score (nSPS) is 11.6. The monoisotopic (exact) mass is 494 g/mol. The Hall–Kier alpha value is -3.90. The quantitative estimate of drug-likeness (QED) is 0.233. The summed E-state index contributed by atoms with van der Waals surface area (Å²) in [4.78, 5) is 0. The third-order valence-corrected chi connectivity index (χ3v) is 7.42. The summed E-state index contributed by atoms with van der Waals surface area (Å²) in [6.45, 7) is 15.7. The van der Waals surface area contributed by atoms with E-state index in [4.69, 9.17) is 0 Å². The van der Waals surface area contributed by atoms with Crippen molar-refractivity contribution in [2.24, 2.45) is 0 Å². The van der Waals surface area contributed by atoms with Crippen LogP contribution >= 0.6 is 0 Å². The molecule has 0 unspecified atom stereocenters. The van der Waals surface area contributed by atoms with Gasteiger partial charge in [0.25, 0.3) is 0 Å². The average Bonchev–Trinajstić information content (AvgIpc) is 2.87. The summed E-state index contributed by atoms with van der Waals surface area (Å²) in [5.74, 6) is 0. The van der Waals surface area contributed by atoms with Crippen LogP contribution in [0.15, 0.2) is 103 Å². The molecule has 190 valence electrons. The molecular formula is C38H38. The van der Waals surface area contributed by atoms with E-state index in [9.17, 15) is 0 Å². The third kappa shape index (κ3) is 5.36. The molecular weight excluding hydrogens is 456 g/mol. The molecule has 0 aromatic heterocycles. The molecule has 0 aliphatic rings. The first-order valence-corrected chi connectivity index (χ1v) is 13.6. The molecule has 0 aliphatic heterocycles. The lowest BCUT2D eigenvalue weighted by molar-refractivity contribution is 0.588. The maximum absolute atomic E-state index is 2.34. The maximum Gasteiger partial charge on any atom is -0.0123 e. The van der Waals surface area contributed by atoms with Gasteiger partial charge in [-0.2, -0.15) is 0 Å². The van der Waals surface area contributed by atoms with E-state index in [0.29, 0.717) is 0 Å². The summed E-state index contributed by atoms with van der Waals surface area (Å²) >= 11 is 0. The Kier molecular flexibility index (Phi) is 6.84. The summed E-state index contributed by atoms with van der Waals surface area (Å²) < 4.78 is 0. The van der Waals surface area contributed by atoms with Crippen molar-refractivity contribution in [2.45, 2.75) is 53.9 Å². The Balaban J connectivity index is 1.39. The van der Waals surface area contributed by atoms with Crippen LogP contribution in [-0.4, -0.2) is 0 Å². The van der Waals surface area contributed by atoms with Gasteiger partial charge < -0.3 is 0 Å². The molecule has 0 bridgehead atoms. The van der Waals surface area contributed by atoms with Crippen molar-refractivity contribution in [3.63, 3.8) is 0 Å². The average molecular weight is 495 g/mol.